The van der Waals surface area contributed by atoms with E-state index in [1.54, 1.807) is 6.92 Å². The number of benzene rings is 1. The first kappa shape index (κ1) is 15.9. The van der Waals surface area contributed by atoms with E-state index < -0.39 is 15.8 Å². The average molecular weight is 329 g/mol. The van der Waals surface area contributed by atoms with E-state index in [9.17, 15) is 12.8 Å². The number of nitrogens with one attached hydrogen (secondary N) is 1. The largest absolute Gasteiger partial charge is 0.373 e. The molecule has 1 heterocycles. The van der Waals surface area contributed by atoms with E-state index in [0.29, 0.717) is 31.6 Å². The van der Waals surface area contributed by atoms with Crippen molar-refractivity contribution in [1.82, 2.24) is 4.72 Å². The molecule has 0 spiro atoms. The maximum absolute atomic E-state index is 13.1. The van der Waals surface area contributed by atoms with Gasteiger partial charge in [0.1, 0.15) is 5.82 Å². The molecule has 3 atom stereocenters. The number of hydrogen-bond donors (Lipinski definition) is 1. The summed E-state index contributed by atoms with van der Waals surface area (Å²) in [7, 11) is -3.66. The highest BCUT2D eigenvalue weighted by atomic mass is 32.2. The zero-order valence-electron chi connectivity index (χ0n) is 12.4. The fourth-order valence-electron chi connectivity index (χ4n) is 3.17. The second kappa shape index (κ2) is 6.23. The molecule has 0 radical (unpaired) electrons. The van der Waals surface area contributed by atoms with Crippen molar-refractivity contribution in [3.8, 4) is 0 Å². The molecule has 1 aromatic rings. The Bertz CT molecular complexity index is 649. The van der Waals surface area contributed by atoms with E-state index in [1.807, 2.05) is 0 Å². The summed E-state index contributed by atoms with van der Waals surface area (Å²) in [4.78, 5) is 0.122. The Labute approximate surface area is 129 Å². The van der Waals surface area contributed by atoms with E-state index in [2.05, 4.69) is 4.72 Å². The molecule has 2 aliphatic rings. The highest BCUT2D eigenvalue weighted by molar-refractivity contribution is 7.89. The van der Waals surface area contributed by atoms with Crippen LogP contribution in [0.2, 0.25) is 0 Å². The van der Waals surface area contributed by atoms with Crippen molar-refractivity contribution in [2.75, 3.05) is 13.2 Å². The Morgan fingerprint density at radius 3 is 2.64 bits per heavy atom. The lowest BCUT2D eigenvalue weighted by Gasteiger charge is -2.38. The van der Waals surface area contributed by atoms with Crippen LogP contribution in [0.3, 0.4) is 0 Å². The Balaban J connectivity index is 1.71. The van der Waals surface area contributed by atoms with E-state index in [4.69, 9.17) is 9.47 Å². The molecule has 3 rings (SSSR count). The van der Waals surface area contributed by atoms with Gasteiger partial charge in [-0.05, 0) is 49.9 Å². The minimum atomic E-state index is -3.66. The van der Waals surface area contributed by atoms with Crippen molar-refractivity contribution >= 4 is 10.0 Å². The molecular weight excluding hydrogens is 309 g/mol. The summed E-state index contributed by atoms with van der Waals surface area (Å²) in [5, 5.41) is 0. The van der Waals surface area contributed by atoms with E-state index in [1.165, 1.54) is 12.1 Å². The van der Waals surface area contributed by atoms with Crippen LogP contribution < -0.4 is 4.72 Å². The number of fused-ring (bicyclic) bond motifs is 1. The zero-order valence-corrected chi connectivity index (χ0v) is 13.2. The molecule has 0 aromatic heterocycles. The standard InChI is InChI=1S/C15H20FNO4S/c1-10-8-11(16)2-5-15(10)22(18,19)17-12-3-4-13-14(9-12)21-7-6-20-13/h2,5,8,12-14,17H,3-4,6-7,9H2,1H3. The molecule has 122 valence electrons. The van der Waals surface area contributed by atoms with Crippen LogP contribution in [0.4, 0.5) is 4.39 Å². The average Bonchev–Trinajstić information content (AvgIpc) is 2.46. The summed E-state index contributed by atoms with van der Waals surface area (Å²) in [5.74, 6) is -0.440. The van der Waals surface area contributed by atoms with Crippen LogP contribution in [0.1, 0.15) is 24.8 Å². The van der Waals surface area contributed by atoms with Gasteiger partial charge in [-0.2, -0.15) is 0 Å². The monoisotopic (exact) mass is 329 g/mol. The van der Waals surface area contributed by atoms with Crippen LogP contribution in [0.5, 0.6) is 0 Å². The Kier molecular flexibility index (Phi) is 4.49. The maximum atomic E-state index is 13.1. The zero-order chi connectivity index (χ0) is 15.7. The minimum Gasteiger partial charge on any atom is -0.373 e. The highest BCUT2D eigenvalue weighted by Gasteiger charge is 2.36. The number of rotatable bonds is 3. The topological polar surface area (TPSA) is 64.6 Å². The number of sulfonamides is 1. The Hall–Kier alpha value is -1.02. The van der Waals surface area contributed by atoms with Crippen molar-refractivity contribution in [1.29, 1.82) is 0 Å². The van der Waals surface area contributed by atoms with Crippen LogP contribution in [0.25, 0.3) is 0 Å². The van der Waals surface area contributed by atoms with Gasteiger partial charge >= 0.3 is 0 Å². The number of ether oxygens (including phenoxy) is 2. The fraction of sp³-hybridized carbons (Fsp3) is 0.600. The van der Waals surface area contributed by atoms with E-state index >= 15 is 0 Å². The Morgan fingerprint density at radius 1 is 1.18 bits per heavy atom. The molecule has 1 N–H and O–H groups in total. The molecular formula is C15H20FNO4S. The van der Waals surface area contributed by atoms with Gasteiger partial charge in [-0.25, -0.2) is 17.5 Å². The van der Waals surface area contributed by atoms with Crippen molar-refractivity contribution in [3.63, 3.8) is 0 Å². The molecule has 5 nitrogen and oxygen atoms in total. The molecule has 1 saturated heterocycles. The summed E-state index contributed by atoms with van der Waals surface area (Å²) in [6.07, 6.45) is 2.11. The summed E-state index contributed by atoms with van der Waals surface area (Å²) >= 11 is 0. The summed E-state index contributed by atoms with van der Waals surface area (Å²) in [5.41, 5.74) is 0.401. The van der Waals surface area contributed by atoms with Gasteiger partial charge in [-0.15, -0.1) is 0 Å². The highest BCUT2D eigenvalue weighted by Crippen LogP contribution is 2.28. The first-order valence-electron chi connectivity index (χ1n) is 7.47. The van der Waals surface area contributed by atoms with Gasteiger partial charge < -0.3 is 9.47 Å². The van der Waals surface area contributed by atoms with Gasteiger partial charge in [0.15, 0.2) is 0 Å². The normalized spacial score (nSPS) is 29.1. The first-order chi connectivity index (χ1) is 10.5. The molecule has 0 bridgehead atoms. The number of hydrogen-bond acceptors (Lipinski definition) is 4. The second-order valence-electron chi connectivity index (χ2n) is 5.86. The van der Waals surface area contributed by atoms with Crippen LogP contribution in [0, 0.1) is 12.7 Å². The van der Waals surface area contributed by atoms with Crippen LogP contribution in [-0.2, 0) is 19.5 Å². The first-order valence-corrected chi connectivity index (χ1v) is 8.96. The maximum Gasteiger partial charge on any atom is 0.241 e. The van der Waals surface area contributed by atoms with Gasteiger partial charge in [0, 0.05) is 6.04 Å². The van der Waals surface area contributed by atoms with Gasteiger partial charge in [0.2, 0.25) is 10.0 Å². The molecule has 1 aliphatic heterocycles. The lowest BCUT2D eigenvalue weighted by Crippen LogP contribution is -2.49. The second-order valence-corrected chi connectivity index (χ2v) is 7.54. The Morgan fingerprint density at radius 2 is 1.91 bits per heavy atom. The third-order valence-corrected chi connectivity index (χ3v) is 5.91. The third-order valence-electron chi connectivity index (χ3n) is 4.23. The molecule has 1 aromatic carbocycles. The molecule has 3 unspecified atom stereocenters. The summed E-state index contributed by atoms with van der Waals surface area (Å²) in [6.45, 7) is 2.75. The molecule has 22 heavy (non-hydrogen) atoms. The smallest absolute Gasteiger partial charge is 0.241 e. The lowest BCUT2D eigenvalue weighted by atomic mass is 9.90. The van der Waals surface area contributed by atoms with Crippen LogP contribution in [-0.4, -0.2) is 39.9 Å². The predicted molar refractivity (Wildman–Crippen MR) is 78.6 cm³/mol. The van der Waals surface area contributed by atoms with Crippen LogP contribution >= 0.6 is 0 Å². The van der Waals surface area contributed by atoms with Gasteiger partial charge in [0.25, 0.3) is 0 Å². The van der Waals surface area contributed by atoms with E-state index in [0.717, 1.165) is 12.5 Å². The molecule has 0 amide bonds. The van der Waals surface area contributed by atoms with Gasteiger partial charge in [-0.3, -0.25) is 0 Å². The quantitative estimate of drug-likeness (QED) is 0.917. The number of halogens is 1. The summed E-state index contributed by atoms with van der Waals surface area (Å²) in [6, 6.07) is 3.51. The molecule has 1 aliphatic carbocycles. The lowest BCUT2D eigenvalue weighted by molar-refractivity contribution is -0.156. The van der Waals surface area contributed by atoms with Crippen molar-refractivity contribution in [2.45, 2.75) is 49.3 Å². The van der Waals surface area contributed by atoms with Gasteiger partial charge in [0.05, 0.1) is 30.3 Å². The minimum absolute atomic E-state index is 0.0514. The van der Waals surface area contributed by atoms with Crippen molar-refractivity contribution in [3.05, 3.63) is 29.6 Å². The predicted octanol–water partition coefficient (Wildman–Crippen LogP) is 1.75. The van der Waals surface area contributed by atoms with Gasteiger partial charge in [-0.1, -0.05) is 0 Å². The SMILES string of the molecule is Cc1cc(F)ccc1S(=O)(=O)NC1CCC2OCCOC2C1. The number of aryl methyl sites for hydroxylation is 1. The molecule has 1 saturated carbocycles. The summed E-state index contributed by atoms with van der Waals surface area (Å²) < 4.78 is 52.1. The third kappa shape index (κ3) is 3.32. The van der Waals surface area contributed by atoms with Crippen LogP contribution in [0.15, 0.2) is 23.1 Å². The molecule has 2 fully saturated rings. The van der Waals surface area contributed by atoms with Crippen molar-refractivity contribution in [2.24, 2.45) is 0 Å². The van der Waals surface area contributed by atoms with Crippen molar-refractivity contribution < 1.29 is 22.3 Å². The molecule has 7 heteroatoms. The fourth-order valence-corrected chi connectivity index (χ4v) is 4.68. The van der Waals surface area contributed by atoms with E-state index in [-0.39, 0.29) is 23.1 Å².